The van der Waals surface area contributed by atoms with Crippen LogP contribution in [0.1, 0.15) is 30.5 Å². The first-order valence-corrected chi connectivity index (χ1v) is 6.88. The summed E-state index contributed by atoms with van der Waals surface area (Å²) in [6, 6.07) is 14.5. The molecule has 3 heteroatoms. The summed E-state index contributed by atoms with van der Waals surface area (Å²) in [6.07, 6.45) is 6.61. The topological polar surface area (TPSA) is 41.6 Å². The summed E-state index contributed by atoms with van der Waals surface area (Å²) in [5.74, 6) is 0.329. The smallest absolute Gasteiger partial charge is 0.0921 e. The Balaban J connectivity index is 1.89. The monoisotopic (exact) mass is 263 g/mol. The predicted molar refractivity (Wildman–Crippen MR) is 80.4 cm³/mol. The second-order valence-electron chi connectivity index (χ2n) is 4.81. The van der Waals surface area contributed by atoms with Crippen LogP contribution >= 0.6 is 0 Å². The highest BCUT2D eigenvalue weighted by Gasteiger charge is 2.13. The van der Waals surface area contributed by atoms with Crippen molar-refractivity contribution in [3.05, 3.63) is 72.4 Å². The Morgan fingerprint density at radius 2 is 1.90 bits per heavy atom. The largest absolute Gasteiger partial charge is 0.348 e. The number of hydrogen-bond acceptors (Lipinski definition) is 2. The van der Waals surface area contributed by atoms with Crippen molar-refractivity contribution in [1.29, 1.82) is 0 Å². The fourth-order valence-electron chi connectivity index (χ4n) is 2.48. The van der Waals surface area contributed by atoms with Crippen LogP contribution in [0, 0.1) is 0 Å². The molecule has 0 radical (unpaired) electrons. The number of aromatic nitrogens is 3. The van der Waals surface area contributed by atoms with Crippen LogP contribution in [0.4, 0.5) is 0 Å². The molecule has 3 aromatic rings. The molecule has 0 bridgehead atoms. The van der Waals surface area contributed by atoms with Crippen molar-refractivity contribution in [2.24, 2.45) is 0 Å². The number of nitrogens with zero attached hydrogens (tertiary/aromatic N) is 2. The Morgan fingerprint density at radius 1 is 1.05 bits per heavy atom. The van der Waals surface area contributed by atoms with Gasteiger partial charge in [-0.2, -0.15) is 0 Å². The van der Waals surface area contributed by atoms with Gasteiger partial charge in [0.25, 0.3) is 0 Å². The molecule has 2 heterocycles. The molecule has 0 spiro atoms. The third kappa shape index (κ3) is 2.48. The zero-order valence-electron chi connectivity index (χ0n) is 11.5. The lowest BCUT2D eigenvalue weighted by atomic mass is 9.94. The van der Waals surface area contributed by atoms with Crippen LogP contribution in [0.5, 0.6) is 0 Å². The van der Waals surface area contributed by atoms with Gasteiger partial charge in [-0.1, -0.05) is 43.3 Å². The highest BCUT2D eigenvalue weighted by atomic mass is 14.9. The van der Waals surface area contributed by atoms with Gasteiger partial charge in [0, 0.05) is 29.6 Å². The van der Waals surface area contributed by atoms with Crippen LogP contribution in [-0.4, -0.2) is 15.0 Å². The van der Waals surface area contributed by atoms with Gasteiger partial charge in [-0.25, -0.2) is 4.98 Å². The highest BCUT2D eigenvalue weighted by Crippen LogP contribution is 2.26. The summed E-state index contributed by atoms with van der Waals surface area (Å²) >= 11 is 0. The minimum Gasteiger partial charge on any atom is -0.348 e. The molecule has 1 N–H and O–H groups in total. The van der Waals surface area contributed by atoms with Gasteiger partial charge in [0.1, 0.15) is 0 Å². The first kappa shape index (κ1) is 12.6. The van der Waals surface area contributed by atoms with Gasteiger partial charge in [0.15, 0.2) is 0 Å². The Hall–Kier alpha value is -2.42. The fourth-order valence-corrected chi connectivity index (χ4v) is 2.48. The van der Waals surface area contributed by atoms with Gasteiger partial charge in [-0.3, -0.25) is 4.98 Å². The molecule has 3 nitrogen and oxygen atoms in total. The zero-order valence-corrected chi connectivity index (χ0v) is 11.5. The molecule has 0 saturated carbocycles. The van der Waals surface area contributed by atoms with E-state index >= 15 is 0 Å². The maximum absolute atomic E-state index is 4.59. The van der Waals surface area contributed by atoms with Crippen LogP contribution in [0.3, 0.4) is 0 Å². The van der Waals surface area contributed by atoms with Crippen LogP contribution in [0.15, 0.2) is 61.2 Å². The molecular formula is C17H17N3. The first-order valence-electron chi connectivity index (χ1n) is 6.88. The Kier molecular flexibility index (Phi) is 3.59. The quantitative estimate of drug-likeness (QED) is 0.772. The minimum atomic E-state index is 0.329. The standard InChI is InChI=1S/C17H17N3/c1-2-15(17-11-18-12-20-17)14-8-9-16(19-10-14)13-6-4-3-5-7-13/h3-12,15H,2H2,1H3,(H,18,20). The number of benzene rings is 1. The van der Waals surface area contributed by atoms with Crippen molar-refractivity contribution in [2.45, 2.75) is 19.3 Å². The second-order valence-corrected chi connectivity index (χ2v) is 4.81. The number of hydrogen-bond donors (Lipinski definition) is 1. The van der Waals surface area contributed by atoms with Gasteiger partial charge in [0.2, 0.25) is 0 Å². The number of nitrogens with one attached hydrogen (secondary N) is 1. The minimum absolute atomic E-state index is 0.329. The SMILES string of the molecule is CCC(c1ccc(-c2ccccc2)nc1)c1cnc[nH]1. The lowest BCUT2D eigenvalue weighted by Gasteiger charge is -2.13. The molecule has 3 rings (SSSR count). The molecule has 1 unspecified atom stereocenters. The third-order valence-electron chi connectivity index (χ3n) is 3.56. The van der Waals surface area contributed by atoms with E-state index in [4.69, 9.17) is 0 Å². The van der Waals surface area contributed by atoms with Crippen molar-refractivity contribution in [3.63, 3.8) is 0 Å². The maximum Gasteiger partial charge on any atom is 0.0921 e. The molecule has 100 valence electrons. The summed E-state index contributed by atoms with van der Waals surface area (Å²) < 4.78 is 0. The van der Waals surface area contributed by atoms with Gasteiger partial charge in [-0.05, 0) is 18.1 Å². The van der Waals surface area contributed by atoms with Crippen LogP contribution in [0.25, 0.3) is 11.3 Å². The highest BCUT2D eigenvalue weighted by molar-refractivity contribution is 5.58. The molecule has 20 heavy (non-hydrogen) atoms. The lowest BCUT2D eigenvalue weighted by Crippen LogP contribution is -2.01. The summed E-state index contributed by atoms with van der Waals surface area (Å²) in [5, 5.41) is 0. The van der Waals surface area contributed by atoms with E-state index in [0.29, 0.717) is 5.92 Å². The van der Waals surface area contributed by atoms with Crippen LogP contribution in [-0.2, 0) is 0 Å². The molecule has 0 aliphatic carbocycles. The summed E-state index contributed by atoms with van der Waals surface area (Å²) in [5.41, 5.74) is 4.51. The molecular weight excluding hydrogens is 246 g/mol. The fraction of sp³-hybridized carbons (Fsp3) is 0.176. The van der Waals surface area contributed by atoms with Gasteiger partial charge in [0.05, 0.1) is 12.0 Å². The Bertz CT molecular complexity index is 642. The van der Waals surface area contributed by atoms with E-state index in [-0.39, 0.29) is 0 Å². The normalized spacial score (nSPS) is 12.2. The molecule has 0 saturated heterocycles. The first-order chi connectivity index (χ1) is 9.88. The summed E-state index contributed by atoms with van der Waals surface area (Å²) in [7, 11) is 0. The van der Waals surface area contributed by atoms with Gasteiger partial charge >= 0.3 is 0 Å². The van der Waals surface area contributed by atoms with Crippen LogP contribution < -0.4 is 0 Å². The Morgan fingerprint density at radius 3 is 2.50 bits per heavy atom. The van der Waals surface area contributed by atoms with Crippen LogP contribution in [0.2, 0.25) is 0 Å². The van der Waals surface area contributed by atoms with Crippen molar-refractivity contribution in [1.82, 2.24) is 15.0 Å². The Labute approximate surface area is 118 Å². The number of H-pyrrole nitrogens is 1. The summed E-state index contributed by atoms with van der Waals surface area (Å²) in [4.78, 5) is 11.9. The number of rotatable bonds is 4. The van der Waals surface area contributed by atoms with Crippen molar-refractivity contribution in [2.75, 3.05) is 0 Å². The van der Waals surface area contributed by atoms with Crippen molar-refractivity contribution >= 4 is 0 Å². The molecule has 1 aromatic carbocycles. The second kappa shape index (κ2) is 5.70. The van der Waals surface area contributed by atoms with E-state index in [1.807, 2.05) is 30.6 Å². The number of aromatic amines is 1. The molecule has 2 aromatic heterocycles. The maximum atomic E-state index is 4.59. The summed E-state index contributed by atoms with van der Waals surface area (Å²) in [6.45, 7) is 2.18. The molecule has 0 amide bonds. The zero-order chi connectivity index (χ0) is 13.8. The van der Waals surface area contributed by atoms with E-state index in [1.165, 1.54) is 5.56 Å². The number of imidazole rings is 1. The third-order valence-corrected chi connectivity index (χ3v) is 3.56. The van der Waals surface area contributed by atoms with E-state index in [2.05, 4.69) is 46.1 Å². The van der Waals surface area contributed by atoms with E-state index in [0.717, 1.165) is 23.4 Å². The van der Waals surface area contributed by atoms with E-state index in [9.17, 15) is 0 Å². The average Bonchev–Trinajstić information content (AvgIpc) is 3.04. The number of pyridine rings is 1. The molecule has 0 aliphatic rings. The van der Waals surface area contributed by atoms with E-state index in [1.54, 1.807) is 6.33 Å². The molecule has 0 fully saturated rings. The average molecular weight is 263 g/mol. The lowest BCUT2D eigenvalue weighted by molar-refractivity contribution is 0.751. The van der Waals surface area contributed by atoms with Crippen molar-refractivity contribution < 1.29 is 0 Å². The van der Waals surface area contributed by atoms with Crippen molar-refractivity contribution in [3.8, 4) is 11.3 Å². The van der Waals surface area contributed by atoms with E-state index < -0.39 is 0 Å². The predicted octanol–water partition coefficient (Wildman–Crippen LogP) is 4.01. The molecule has 1 atom stereocenters. The van der Waals surface area contributed by atoms with Gasteiger partial charge in [-0.15, -0.1) is 0 Å². The molecule has 0 aliphatic heterocycles. The van der Waals surface area contributed by atoms with Gasteiger partial charge < -0.3 is 4.98 Å².